The summed E-state index contributed by atoms with van der Waals surface area (Å²) in [5, 5.41) is 6.81. The normalized spacial score (nSPS) is 17.4. The predicted octanol–water partition coefficient (Wildman–Crippen LogP) is 11.7. The summed E-state index contributed by atoms with van der Waals surface area (Å²) in [6.07, 6.45) is 2.97. The van der Waals surface area contributed by atoms with Crippen molar-refractivity contribution in [2.75, 3.05) is 6.35 Å². The zero-order valence-corrected chi connectivity index (χ0v) is 24.9. The molecule has 0 spiro atoms. The van der Waals surface area contributed by atoms with Crippen molar-refractivity contribution in [1.29, 1.82) is 0 Å². The van der Waals surface area contributed by atoms with Crippen molar-refractivity contribution < 1.29 is 12.9 Å². The second-order valence-corrected chi connectivity index (χ2v) is 14.5. The minimum absolute atomic E-state index is 0.487. The quantitative estimate of drug-likeness (QED) is 0.189. The highest BCUT2D eigenvalue weighted by molar-refractivity contribution is 7.59. The summed E-state index contributed by atoms with van der Waals surface area (Å²) in [6.45, 7) is 0. The zero-order valence-electron chi connectivity index (χ0n) is 23.1. The van der Waals surface area contributed by atoms with Gasteiger partial charge in [-0.05, 0) is 57.6 Å². The first-order valence-corrected chi connectivity index (χ1v) is 17.3. The van der Waals surface area contributed by atoms with Gasteiger partial charge in [0, 0.05) is 22.1 Å². The SMILES string of the molecule is c1ccc([C@@H]2CC[C@@H](c3ccccc3)P2COp2oc3ccc4ccccc4c3c3c(ccc4ccccc43)o2)cc1. The fourth-order valence-electron chi connectivity index (χ4n) is 6.63. The summed E-state index contributed by atoms with van der Waals surface area (Å²) >= 11 is 0. The molecule has 1 fully saturated rings. The maximum Gasteiger partial charge on any atom is 0.387 e. The lowest BCUT2D eigenvalue weighted by Gasteiger charge is -2.25. The first kappa shape index (κ1) is 25.8. The molecule has 1 aliphatic heterocycles. The fourth-order valence-corrected chi connectivity index (χ4v) is 11.2. The van der Waals surface area contributed by atoms with E-state index in [1.807, 2.05) is 0 Å². The van der Waals surface area contributed by atoms with E-state index in [1.54, 1.807) is 0 Å². The Morgan fingerprint density at radius 1 is 0.524 bits per heavy atom. The minimum Gasteiger partial charge on any atom is -0.399 e. The molecule has 1 aromatic heterocycles. The van der Waals surface area contributed by atoms with Gasteiger partial charge in [-0.1, -0.05) is 129 Å². The lowest BCUT2D eigenvalue weighted by molar-refractivity contribution is 0.433. The Bertz CT molecular complexity index is 1930. The Kier molecular flexibility index (Phi) is 6.81. The molecule has 206 valence electrons. The van der Waals surface area contributed by atoms with Crippen LogP contribution in [0, 0.1) is 0 Å². The third-order valence-corrected chi connectivity index (χ3v) is 12.9. The molecule has 2 heterocycles. The van der Waals surface area contributed by atoms with Gasteiger partial charge in [0.2, 0.25) is 0 Å². The van der Waals surface area contributed by atoms with Crippen LogP contribution in [0.4, 0.5) is 0 Å². The summed E-state index contributed by atoms with van der Waals surface area (Å²) in [6, 6.07) is 47.4. The third-order valence-electron chi connectivity index (χ3n) is 8.57. The molecule has 0 aliphatic carbocycles. The van der Waals surface area contributed by atoms with Crippen LogP contribution in [-0.2, 0) is 0 Å². The molecule has 0 saturated carbocycles. The highest BCUT2D eigenvalue weighted by atomic mass is 31.1. The van der Waals surface area contributed by atoms with Crippen LogP contribution in [0.1, 0.15) is 35.3 Å². The van der Waals surface area contributed by atoms with Gasteiger partial charge in [-0.2, -0.15) is 0 Å². The van der Waals surface area contributed by atoms with E-state index in [2.05, 4.69) is 133 Å². The van der Waals surface area contributed by atoms with Crippen LogP contribution in [0.3, 0.4) is 0 Å². The van der Waals surface area contributed by atoms with Crippen molar-refractivity contribution in [3.8, 4) is 0 Å². The molecule has 42 heavy (non-hydrogen) atoms. The molecular formula is C37H30O3P2. The maximum atomic E-state index is 6.74. The summed E-state index contributed by atoms with van der Waals surface area (Å²) in [7, 11) is -2.17. The largest absolute Gasteiger partial charge is 0.399 e. The second-order valence-electron chi connectivity index (χ2n) is 10.9. The van der Waals surface area contributed by atoms with Crippen molar-refractivity contribution >= 4 is 59.6 Å². The molecular weight excluding hydrogens is 554 g/mol. The van der Waals surface area contributed by atoms with E-state index in [9.17, 15) is 0 Å². The van der Waals surface area contributed by atoms with Gasteiger partial charge in [0.25, 0.3) is 0 Å². The average Bonchev–Trinajstić information content (AvgIpc) is 3.40. The Morgan fingerprint density at radius 2 is 0.976 bits per heavy atom. The third kappa shape index (κ3) is 4.63. The smallest absolute Gasteiger partial charge is 0.387 e. The molecule has 2 atom stereocenters. The van der Waals surface area contributed by atoms with Crippen molar-refractivity contribution in [2.24, 2.45) is 0 Å². The van der Waals surface area contributed by atoms with E-state index < -0.39 is 16.2 Å². The molecule has 0 N–H and O–H groups in total. The number of hydrogen-bond acceptors (Lipinski definition) is 3. The number of hydrogen-bond donors (Lipinski definition) is 0. The zero-order chi connectivity index (χ0) is 27.9. The van der Waals surface area contributed by atoms with E-state index >= 15 is 0 Å². The highest BCUT2D eigenvalue weighted by Gasteiger charge is 2.38. The van der Waals surface area contributed by atoms with Gasteiger partial charge in [-0.25, -0.2) is 0 Å². The average molecular weight is 585 g/mol. The van der Waals surface area contributed by atoms with Gasteiger partial charge in [0.05, 0.1) is 6.35 Å². The van der Waals surface area contributed by atoms with Crippen molar-refractivity contribution in [3.63, 3.8) is 0 Å². The standard InChI is InChI=1S/C37H30O3P2/c1-3-13-28(14-4-1)34-23-24-35(29-15-5-2-6-16-29)41(34)25-38-42-39-32-21-19-26-11-7-9-17-30(26)36(32)37-31-18-10-8-12-27(31)20-22-33(37)40-42/h1-22,34-35H,23-25H2/t34-,35-/m0/s1. The number of benzene rings is 6. The topological polar surface area (TPSA) is 35.5 Å². The van der Waals surface area contributed by atoms with E-state index in [0.717, 1.165) is 32.7 Å². The van der Waals surface area contributed by atoms with Crippen LogP contribution in [0.5, 0.6) is 0 Å². The maximum absolute atomic E-state index is 6.74. The molecule has 8 rings (SSSR count). The monoisotopic (exact) mass is 584 g/mol. The molecule has 0 radical (unpaired) electrons. The summed E-state index contributed by atoms with van der Waals surface area (Å²) in [4.78, 5) is 0. The van der Waals surface area contributed by atoms with E-state index in [-0.39, 0.29) is 0 Å². The van der Waals surface area contributed by atoms with Gasteiger partial charge in [-0.15, -0.1) is 0 Å². The van der Waals surface area contributed by atoms with Crippen LogP contribution < -0.4 is 4.52 Å². The van der Waals surface area contributed by atoms with Gasteiger partial charge >= 0.3 is 8.24 Å². The van der Waals surface area contributed by atoms with Crippen molar-refractivity contribution in [3.05, 3.63) is 145 Å². The molecule has 3 nitrogen and oxygen atoms in total. The number of fused-ring (bicyclic) bond motifs is 7. The van der Waals surface area contributed by atoms with Crippen molar-refractivity contribution in [1.82, 2.24) is 0 Å². The van der Waals surface area contributed by atoms with Gasteiger partial charge in [-0.3, -0.25) is 4.52 Å². The second kappa shape index (κ2) is 11.1. The van der Waals surface area contributed by atoms with Gasteiger partial charge in [0.1, 0.15) is 11.2 Å². The lowest BCUT2D eigenvalue weighted by atomic mass is 9.99. The summed E-state index contributed by atoms with van der Waals surface area (Å²) in [5.74, 6) is 0. The van der Waals surface area contributed by atoms with Crippen LogP contribution >= 0.6 is 16.2 Å². The molecule has 7 aromatic rings. The van der Waals surface area contributed by atoms with Crippen LogP contribution in [-0.4, -0.2) is 6.35 Å². The number of rotatable bonds is 5. The Balaban J connectivity index is 1.27. The Hall–Kier alpha value is -3.87. The summed E-state index contributed by atoms with van der Waals surface area (Å²) < 4.78 is 20.1. The molecule has 5 heteroatoms. The molecule has 1 saturated heterocycles. The first-order chi connectivity index (χ1) is 20.8. The molecule has 0 bridgehead atoms. The van der Waals surface area contributed by atoms with Crippen LogP contribution in [0.2, 0.25) is 0 Å². The summed E-state index contributed by atoms with van der Waals surface area (Å²) in [5.41, 5.74) is 5.42. The van der Waals surface area contributed by atoms with E-state index in [0.29, 0.717) is 17.7 Å². The van der Waals surface area contributed by atoms with E-state index in [4.69, 9.17) is 12.9 Å². The van der Waals surface area contributed by atoms with Gasteiger partial charge < -0.3 is 8.39 Å². The molecule has 0 unspecified atom stereocenters. The lowest BCUT2D eigenvalue weighted by Crippen LogP contribution is -2.02. The van der Waals surface area contributed by atoms with Crippen LogP contribution in [0.25, 0.3) is 43.5 Å². The first-order valence-electron chi connectivity index (χ1n) is 14.5. The molecule has 1 aliphatic rings. The Labute approximate surface area is 247 Å². The molecule has 6 aromatic carbocycles. The fraction of sp³-hybridized carbons (Fsp3) is 0.135. The van der Waals surface area contributed by atoms with Crippen LogP contribution in [0.15, 0.2) is 142 Å². The predicted molar refractivity (Wildman–Crippen MR) is 177 cm³/mol. The van der Waals surface area contributed by atoms with Crippen molar-refractivity contribution in [2.45, 2.75) is 24.2 Å². The Morgan fingerprint density at radius 3 is 1.48 bits per heavy atom. The highest BCUT2D eigenvalue weighted by Crippen LogP contribution is 2.70. The van der Waals surface area contributed by atoms with E-state index in [1.165, 1.54) is 34.7 Å². The minimum atomic E-state index is -1.66. The van der Waals surface area contributed by atoms with Gasteiger partial charge in [0.15, 0.2) is 0 Å². The molecule has 0 amide bonds.